The minimum absolute atomic E-state index is 0.0848. The molecule has 39 heavy (non-hydrogen) atoms. The average Bonchev–Trinajstić information content (AvgIpc) is 3.40. The topological polar surface area (TPSA) is 105 Å². The third-order valence-electron chi connectivity index (χ3n) is 6.09. The van der Waals surface area contributed by atoms with E-state index >= 15 is 0 Å². The molecule has 1 unspecified atom stereocenters. The summed E-state index contributed by atoms with van der Waals surface area (Å²) in [6.07, 6.45) is 2.97. The predicted molar refractivity (Wildman–Crippen MR) is 142 cm³/mol. The number of alkyl halides is 3. The number of fused-ring (bicyclic) bond motifs is 4. The Bertz CT molecular complexity index is 1230. The van der Waals surface area contributed by atoms with Crippen molar-refractivity contribution in [3.8, 4) is 17.3 Å². The molecule has 0 saturated carbocycles. The third-order valence-corrected chi connectivity index (χ3v) is 6.09. The monoisotopic (exact) mass is 546 g/mol. The standard InChI is InChI=1S/C16H15F3N4.C9H12N2O3.C2H6/c1-22-12-5-6-23(9-12)13-8-20-14(21-15(13)22)10-3-2-4-11(7-10)16(17,18)19;12-3-1-5-14-9-7-10-6-8(11-9)2-4-13;1-2/h2-4,7-8,12H,5-6,9H2,1H3;4,6-7,12H,1-3,5H2;1-2H3. The van der Waals surface area contributed by atoms with Gasteiger partial charge < -0.3 is 24.4 Å². The number of benzene rings is 1. The molecule has 1 N–H and O–H groups in total. The lowest BCUT2D eigenvalue weighted by atomic mass is 10.1. The molecule has 0 aliphatic carbocycles. The molecule has 2 aromatic heterocycles. The molecule has 2 aliphatic rings. The van der Waals surface area contributed by atoms with Crippen LogP contribution in [0.1, 0.15) is 37.9 Å². The largest absolute Gasteiger partial charge is 0.476 e. The highest BCUT2D eigenvalue weighted by atomic mass is 19.4. The van der Waals surface area contributed by atoms with Crippen LogP contribution in [0.3, 0.4) is 0 Å². The van der Waals surface area contributed by atoms with Crippen molar-refractivity contribution in [1.29, 1.82) is 0 Å². The minimum Gasteiger partial charge on any atom is -0.476 e. The lowest BCUT2D eigenvalue weighted by Crippen LogP contribution is -2.40. The molecule has 12 heteroatoms. The number of rotatable bonds is 7. The van der Waals surface area contributed by atoms with Crippen molar-refractivity contribution in [2.75, 3.05) is 43.2 Å². The number of aromatic nitrogens is 4. The van der Waals surface area contributed by atoms with Crippen molar-refractivity contribution in [3.05, 3.63) is 54.1 Å². The van der Waals surface area contributed by atoms with E-state index < -0.39 is 11.7 Å². The van der Waals surface area contributed by atoms with Crippen LogP contribution in [0.4, 0.5) is 24.7 Å². The van der Waals surface area contributed by atoms with Crippen LogP contribution in [0.15, 0.2) is 42.9 Å². The highest BCUT2D eigenvalue weighted by molar-refractivity contribution is 5.73. The lowest BCUT2D eigenvalue weighted by Gasteiger charge is -2.34. The lowest BCUT2D eigenvalue weighted by molar-refractivity contribution is -0.137. The maximum Gasteiger partial charge on any atom is 0.416 e. The van der Waals surface area contributed by atoms with Crippen molar-refractivity contribution in [3.63, 3.8) is 0 Å². The Morgan fingerprint density at radius 1 is 1.18 bits per heavy atom. The second-order valence-corrected chi connectivity index (χ2v) is 8.63. The number of carbonyl (C=O) groups excluding carboxylic acids is 1. The summed E-state index contributed by atoms with van der Waals surface area (Å²) in [6, 6.07) is 5.55. The van der Waals surface area contributed by atoms with E-state index in [4.69, 9.17) is 9.84 Å². The minimum atomic E-state index is -4.37. The van der Waals surface area contributed by atoms with Crippen LogP contribution in [-0.4, -0.2) is 70.7 Å². The van der Waals surface area contributed by atoms with Crippen molar-refractivity contribution in [1.82, 2.24) is 19.9 Å². The van der Waals surface area contributed by atoms with Crippen molar-refractivity contribution < 1.29 is 27.8 Å². The van der Waals surface area contributed by atoms with Gasteiger partial charge in [-0.15, -0.1) is 0 Å². The molecule has 3 aromatic rings. The number of aliphatic hydroxyl groups is 1. The summed E-state index contributed by atoms with van der Waals surface area (Å²) in [7, 11) is 1.98. The van der Waals surface area contributed by atoms with Crippen LogP contribution in [0.2, 0.25) is 0 Å². The zero-order valence-corrected chi connectivity index (χ0v) is 22.2. The number of hydrogen-bond donors (Lipinski definition) is 1. The van der Waals surface area contributed by atoms with E-state index in [0.717, 1.165) is 49.4 Å². The van der Waals surface area contributed by atoms with Gasteiger partial charge in [0, 0.05) is 57.4 Å². The number of likely N-dealkylation sites (N-methyl/N-ethyl adjacent to an activating group) is 1. The fourth-order valence-corrected chi connectivity index (χ4v) is 4.15. The Morgan fingerprint density at radius 2 is 1.97 bits per heavy atom. The van der Waals surface area contributed by atoms with Gasteiger partial charge in [0.2, 0.25) is 5.88 Å². The summed E-state index contributed by atoms with van der Waals surface area (Å²) in [5, 5.41) is 8.52. The van der Waals surface area contributed by atoms with Gasteiger partial charge in [-0.3, -0.25) is 4.98 Å². The second kappa shape index (κ2) is 13.8. The maximum absolute atomic E-state index is 12.9. The number of nitrogens with zero attached hydrogens (tertiary/aromatic N) is 6. The predicted octanol–water partition coefficient (Wildman–Crippen LogP) is 4.20. The van der Waals surface area contributed by atoms with Gasteiger partial charge in [-0.05, 0) is 18.6 Å². The number of ether oxygens (including phenoxy) is 1. The summed E-state index contributed by atoms with van der Waals surface area (Å²) in [5.41, 5.74) is 1.23. The Balaban J connectivity index is 0.000000227. The van der Waals surface area contributed by atoms with Crippen LogP contribution in [0.5, 0.6) is 5.88 Å². The third kappa shape index (κ3) is 7.62. The zero-order chi connectivity index (χ0) is 28.4. The number of halogens is 3. The van der Waals surface area contributed by atoms with Crippen LogP contribution in [0.25, 0.3) is 11.4 Å². The molecule has 0 amide bonds. The van der Waals surface area contributed by atoms with E-state index in [1.165, 1.54) is 18.5 Å². The molecular formula is C27H33F3N6O3. The van der Waals surface area contributed by atoms with Crippen LogP contribution in [-0.2, 0) is 17.4 Å². The number of anilines is 2. The molecule has 2 bridgehead atoms. The highest BCUT2D eigenvalue weighted by Crippen LogP contribution is 2.38. The molecule has 1 saturated heterocycles. The molecular weight excluding hydrogens is 513 g/mol. The number of carbonyl (C=O) groups is 1. The Labute approximate surface area is 225 Å². The fourth-order valence-electron chi connectivity index (χ4n) is 4.15. The van der Waals surface area contributed by atoms with Gasteiger partial charge in [0.05, 0.1) is 35.9 Å². The Morgan fingerprint density at radius 3 is 2.69 bits per heavy atom. The molecule has 1 fully saturated rings. The molecule has 4 heterocycles. The molecule has 0 radical (unpaired) electrons. The quantitative estimate of drug-likeness (QED) is 0.345. The van der Waals surface area contributed by atoms with Gasteiger partial charge in [-0.2, -0.15) is 13.2 Å². The first-order valence-electron chi connectivity index (χ1n) is 12.8. The van der Waals surface area contributed by atoms with Crippen LogP contribution in [0, 0.1) is 0 Å². The van der Waals surface area contributed by atoms with E-state index in [1.807, 2.05) is 20.9 Å². The van der Waals surface area contributed by atoms with Crippen molar-refractivity contribution >= 4 is 17.8 Å². The molecule has 1 atom stereocenters. The first-order chi connectivity index (χ1) is 18.8. The fraction of sp³-hybridized carbons (Fsp3) is 0.444. The summed E-state index contributed by atoms with van der Waals surface area (Å²) < 4.78 is 43.8. The summed E-state index contributed by atoms with van der Waals surface area (Å²) in [5.74, 6) is 1.50. The average molecular weight is 547 g/mol. The molecule has 1 aromatic carbocycles. The summed E-state index contributed by atoms with van der Waals surface area (Å²) in [4.78, 5) is 31.3. The van der Waals surface area contributed by atoms with Crippen molar-refractivity contribution in [2.45, 2.75) is 45.3 Å². The van der Waals surface area contributed by atoms with Crippen LogP contribution < -0.4 is 14.5 Å². The smallest absolute Gasteiger partial charge is 0.416 e. The van der Waals surface area contributed by atoms with E-state index in [1.54, 1.807) is 12.3 Å². The number of aliphatic hydroxyl groups excluding tert-OH is 1. The van der Waals surface area contributed by atoms with Gasteiger partial charge in [-0.1, -0.05) is 26.0 Å². The second-order valence-electron chi connectivity index (χ2n) is 8.63. The molecule has 210 valence electrons. The van der Waals surface area contributed by atoms with Crippen molar-refractivity contribution in [2.24, 2.45) is 0 Å². The molecule has 5 rings (SSSR count). The Hall–Kier alpha value is -3.80. The van der Waals surface area contributed by atoms with E-state index in [-0.39, 0.29) is 13.0 Å². The summed E-state index contributed by atoms with van der Waals surface area (Å²) >= 11 is 0. The SMILES string of the molecule is CC.CN1c2nc(-c3cccc(C(F)(F)F)c3)ncc2N2CCC1C2.O=CCc1cncc(OCCCO)n1. The van der Waals surface area contributed by atoms with Gasteiger partial charge in [0.25, 0.3) is 0 Å². The normalized spacial score (nSPS) is 15.4. The maximum atomic E-state index is 12.9. The van der Waals surface area contributed by atoms with Gasteiger partial charge >= 0.3 is 6.18 Å². The van der Waals surface area contributed by atoms with E-state index in [9.17, 15) is 18.0 Å². The first kappa shape index (κ1) is 29.8. The van der Waals surface area contributed by atoms with Gasteiger partial charge in [0.1, 0.15) is 6.29 Å². The number of hydrogen-bond acceptors (Lipinski definition) is 9. The Kier molecular flexibility index (Phi) is 10.6. The summed E-state index contributed by atoms with van der Waals surface area (Å²) in [6.45, 7) is 6.40. The van der Waals surface area contributed by atoms with Gasteiger partial charge in [-0.25, -0.2) is 15.0 Å². The highest BCUT2D eigenvalue weighted by Gasteiger charge is 2.35. The molecule has 2 aliphatic heterocycles. The van der Waals surface area contributed by atoms with Gasteiger partial charge in [0.15, 0.2) is 11.6 Å². The van der Waals surface area contributed by atoms with E-state index in [2.05, 4.69) is 29.7 Å². The molecule has 9 nitrogen and oxygen atoms in total. The first-order valence-corrected chi connectivity index (χ1v) is 12.8. The number of aldehydes is 1. The molecule has 0 spiro atoms. The van der Waals surface area contributed by atoms with Crippen LogP contribution >= 0.6 is 0 Å². The zero-order valence-electron chi connectivity index (χ0n) is 22.2. The van der Waals surface area contributed by atoms with E-state index in [0.29, 0.717) is 42.0 Å².